The number of fused-ring (bicyclic) bond motifs is 6. The SMILES string of the molecule is C[N+]12CCc3ccc(O)cc3C1Cc1ccc3c(c1C2)OCO3. The minimum atomic E-state index is 0.329. The largest absolute Gasteiger partial charge is 0.508 e. The van der Waals surface area contributed by atoms with Crippen LogP contribution in [0, 0.1) is 0 Å². The first-order valence-corrected chi connectivity index (χ1v) is 8.20. The molecule has 0 spiro atoms. The standard InChI is InChI=1S/C19H19NO3/c1-20-7-6-12-2-4-14(21)9-15(12)17(20)8-13-3-5-18-19(16(13)10-20)23-11-22-18/h2-5,9,17H,6-8,10-11H2,1H3/p+1. The number of nitrogens with zero attached hydrogens (tertiary/aromatic N) is 1. The van der Waals surface area contributed by atoms with Crippen molar-refractivity contribution in [1.82, 2.24) is 0 Å². The summed E-state index contributed by atoms with van der Waals surface area (Å²) in [5, 5.41) is 9.94. The van der Waals surface area contributed by atoms with Gasteiger partial charge in [0.1, 0.15) is 18.3 Å². The first kappa shape index (κ1) is 13.3. The van der Waals surface area contributed by atoms with Crippen molar-refractivity contribution >= 4 is 0 Å². The van der Waals surface area contributed by atoms with Crippen molar-refractivity contribution in [2.45, 2.75) is 25.4 Å². The summed E-state index contributed by atoms with van der Waals surface area (Å²) < 4.78 is 12.3. The molecule has 2 unspecified atom stereocenters. The molecule has 2 aromatic carbocycles. The second-order valence-electron chi connectivity index (χ2n) is 7.15. The number of hydrogen-bond donors (Lipinski definition) is 1. The van der Waals surface area contributed by atoms with Crippen LogP contribution in [0.15, 0.2) is 30.3 Å². The van der Waals surface area contributed by atoms with Crippen molar-refractivity contribution in [3.63, 3.8) is 0 Å². The zero-order valence-corrected chi connectivity index (χ0v) is 13.2. The molecule has 3 heterocycles. The van der Waals surface area contributed by atoms with E-state index in [2.05, 4.69) is 19.2 Å². The van der Waals surface area contributed by atoms with Crippen LogP contribution in [-0.4, -0.2) is 30.0 Å². The highest BCUT2D eigenvalue weighted by molar-refractivity contribution is 5.53. The van der Waals surface area contributed by atoms with E-state index in [0.29, 0.717) is 18.6 Å². The third kappa shape index (κ3) is 1.81. The monoisotopic (exact) mass is 310 g/mol. The molecule has 1 N–H and O–H groups in total. The van der Waals surface area contributed by atoms with E-state index < -0.39 is 0 Å². The van der Waals surface area contributed by atoms with Crippen LogP contribution >= 0.6 is 0 Å². The molecule has 0 amide bonds. The Kier molecular flexibility index (Phi) is 2.55. The maximum absolute atomic E-state index is 9.94. The molecule has 118 valence electrons. The molecule has 0 bridgehead atoms. The lowest BCUT2D eigenvalue weighted by Gasteiger charge is -2.48. The van der Waals surface area contributed by atoms with Crippen LogP contribution in [0.4, 0.5) is 0 Å². The van der Waals surface area contributed by atoms with Crippen LogP contribution < -0.4 is 9.47 Å². The molecular formula is C19H20NO3+. The van der Waals surface area contributed by atoms with Crippen LogP contribution in [0.3, 0.4) is 0 Å². The van der Waals surface area contributed by atoms with Crippen molar-refractivity contribution in [3.05, 3.63) is 52.6 Å². The summed E-state index contributed by atoms with van der Waals surface area (Å²) in [6.07, 6.45) is 2.04. The topological polar surface area (TPSA) is 38.7 Å². The molecule has 0 saturated heterocycles. The quantitative estimate of drug-likeness (QED) is 0.761. The molecule has 23 heavy (non-hydrogen) atoms. The van der Waals surface area contributed by atoms with Crippen LogP contribution in [0.5, 0.6) is 17.2 Å². The highest BCUT2D eigenvalue weighted by atomic mass is 16.7. The molecule has 2 aromatic rings. The Labute approximate surface area is 135 Å². The second-order valence-corrected chi connectivity index (χ2v) is 7.15. The van der Waals surface area contributed by atoms with Crippen molar-refractivity contribution in [2.75, 3.05) is 20.4 Å². The molecule has 0 fully saturated rings. The molecule has 0 saturated carbocycles. The molecule has 5 rings (SSSR count). The first-order valence-electron chi connectivity index (χ1n) is 8.20. The minimum Gasteiger partial charge on any atom is -0.508 e. The Morgan fingerprint density at radius 3 is 2.91 bits per heavy atom. The van der Waals surface area contributed by atoms with Gasteiger partial charge in [-0.15, -0.1) is 0 Å². The lowest BCUT2D eigenvalue weighted by molar-refractivity contribution is -0.956. The maximum Gasteiger partial charge on any atom is 0.231 e. The van der Waals surface area contributed by atoms with Crippen LogP contribution in [0.25, 0.3) is 0 Å². The average molecular weight is 310 g/mol. The molecule has 4 heteroatoms. The third-order valence-corrected chi connectivity index (χ3v) is 5.80. The number of phenolic OH excluding ortho intramolecular Hbond substituents is 1. The summed E-state index contributed by atoms with van der Waals surface area (Å²) in [5.41, 5.74) is 5.35. The summed E-state index contributed by atoms with van der Waals surface area (Å²) in [7, 11) is 2.33. The Morgan fingerprint density at radius 1 is 1.13 bits per heavy atom. The van der Waals surface area contributed by atoms with Gasteiger partial charge in [0.25, 0.3) is 0 Å². The minimum absolute atomic E-state index is 0.329. The van der Waals surface area contributed by atoms with Crippen molar-refractivity contribution in [2.24, 2.45) is 0 Å². The van der Waals surface area contributed by atoms with E-state index in [1.807, 2.05) is 18.2 Å². The third-order valence-electron chi connectivity index (χ3n) is 5.80. The van der Waals surface area contributed by atoms with Gasteiger partial charge in [0.05, 0.1) is 19.2 Å². The smallest absolute Gasteiger partial charge is 0.231 e. The molecule has 0 aliphatic carbocycles. The van der Waals surface area contributed by atoms with Gasteiger partial charge in [0, 0.05) is 18.4 Å². The molecule has 3 aliphatic heterocycles. The molecular weight excluding hydrogens is 290 g/mol. The van der Waals surface area contributed by atoms with Crippen molar-refractivity contribution in [1.29, 1.82) is 0 Å². The van der Waals surface area contributed by atoms with Gasteiger partial charge in [0.15, 0.2) is 11.5 Å². The Bertz CT molecular complexity index is 817. The normalized spacial score (nSPS) is 27.1. The number of benzene rings is 2. The number of hydrogen-bond acceptors (Lipinski definition) is 3. The second kappa shape index (κ2) is 4.42. The van der Waals surface area contributed by atoms with E-state index in [0.717, 1.165) is 41.9 Å². The average Bonchev–Trinajstić information content (AvgIpc) is 3.02. The van der Waals surface area contributed by atoms with Gasteiger partial charge in [-0.3, -0.25) is 0 Å². The lowest BCUT2D eigenvalue weighted by Crippen LogP contribution is -2.53. The van der Waals surface area contributed by atoms with E-state index in [1.54, 1.807) is 0 Å². The number of aromatic hydroxyl groups is 1. The van der Waals surface area contributed by atoms with Crippen molar-refractivity contribution < 1.29 is 19.1 Å². The summed E-state index contributed by atoms with van der Waals surface area (Å²) in [6.45, 7) is 2.41. The molecule has 2 atom stereocenters. The van der Waals surface area contributed by atoms with Crippen molar-refractivity contribution in [3.8, 4) is 17.2 Å². The van der Waals surface area contributed by atoms with Gasteiger partial charge in [0.2, 0.25) is 6.79 Å². The molecule has 3 aliphatic rings. The van der Waals surface area contributed by atoms with Crippen LogP contribution in [0.2, 0.25) is 0 Å². The number of ether oxygens (including phenoxy) is 2. The predicted molar refractivity (Wildman–Crippen MR) is 85.6 cm³/mol. The van der Waals surface area contributed by atoms with Gasteiger partial charge in [-0.05, 0) is 29.3 Å². The first-order chi connectivity index (χ1) is 11.1. The van der Waals surface area contributed by atoms with E-state index in [1.165, 1.54) is 22.3 Å². The maximum atomic E-state index is 9.94. The van der Waals surface area contributed by atoms with E-state index in [9.17, 15) is 5.11 Å². The summed E-state index contributed by atoms with van der Waals surface area (Å²) in [5.74, 6) is 2.19. The van der Waals surface area contributed by atoms with E-state index in [4.69, 9.17) is 9.47 Å². The Hall–Kier alpha value is -2.20. The fourth-order valence-corrected chi connectivity index (χ4v) is 4.51. The summed E-state index contributed by atoms with van der Waals surface area (Å²) in [4.78, 5) is 0. The Balaban J connectivity index is 1.65. The van der Waals surface area contributed by atoms with Gasteiger partial charge in [-0.1, -0.05) is 12.1 Å². The fourth-order valence-electron chi connectivity index (χ4n) is 4.51. The number of quaternary nitrogens is 1. The molecule has 0 radical (unpaired) electrons. The molecule has 0 aromatic heterocycles. The molecule has 4 nitrogen and oxygen atoms in total. The summed E-state index contributed by atoms with van der Waals surface area (Å²) in [6, 6.07) is 10.5. The van der Waals surface area contributed by atoms with Crippen LogP contribution in [0.1, 0.15) is 28.3 Å². The zero-order chi connectivity index (χ0) is 15.6. The van der Waals surface area contributed by atoms with E-state index in [-0.39, 0.29) is 0 Å². The fraction of sp³-hybridized carbons (Fsp3) is 0.368. The van der Waals surface area contributed by atoms with E-state index >= 15 is 0 Å². The Morgan fingerprint density at radius 2 is 2.00 bits per heavy atom. The highest BCUT2D eigenvalue weighted by Crippen LogP contribution is 2.48. The van der Waals surface area contributed by atoms with Gasteiger partial charge < -0.3 is 19.1 Å². The van der Waals surface area contributed by atoms with Gasteiger partial charge in [-0.2, -0.15) is 0 Å². The zero-order valence-electron chi connectivity index (χ0n) is 13.2. The number of phenols is 1. The van der Waals surface area contributed by atoms with Gasteiger partial charge >= 0.3 is 0 Å². The van der Waals surface area contributed by atoms with Gasteiger partial charge in [-0.25, -0.2) is 0 Å². The highest BCUT2D eigenvalue weighted by Gasteiger charge is 2.44. The van der Waals surface area contributed by atoms with Crippen LogP contribution in [-0.2, 0) is 19.4 Å². The summed E-state index contributed by atoms with van der Waals surface area (Å²) >= 11 is 0. The number of likely N-dealkylation sites (N-methyl/N-ethyl adjacent to an activating group) is 1. The number of rotatable bonds is 0. The predicted octanol–water partition coefficient (Wildman–Crippen LogP) is 2.92. The lowest BCUT2D eigenvalue weighted by atomic mass is 9.81.